The normalized spacial score (nSPS) is 16.3. The lowest BCUT2D eigenvalue weighted by Crippen LogP contribution is -2.47. The number of benzene rings is 1. The molecule has 0 saturated carbocycles. The van der Waals surface area contributed by atoms with Crippen molar-refractivity contribution in [3.63, 3.8) is 0 Å². The number of rotatable bonds is 7. The predicted octanol–water partition coefficient (Wildman–Crippen LogP) is 3.24. The average molecular weight is 420 g/mol. The zero-order valence-electron chi connectivity index (χ0n) is 14.5. The van der Waals surface area contributed by atoms with Crippen molar-refractivity contribution in [1.29, 1.82) is 0 Å². The number of ether oxygens (including phenoxy) is 1. The minimum atomic E-state index is 0. The molecule has 2 N–H and O–H groups in total. The lowest BCUT2D eigenvalue weighted by Gasteiger charge is -2.37. The molecule has 1 saturated heterocycles. The van der Waals surface area contributed by atoms with Crippen LogP contribution in [-0.4, -0.2) is 39.3 Å². The Labute approximate surface area is 159 Å². The molecule has 0 atom stereocenters. The van der Waals surface area contributed by atoms with Gasteiger partial charge in [0.15, 0.2) is 0 Å². The lowest BCUT2D eigenvalue weighted by molar-refractivity contribution is -0.122. The summed E-state index contributed by atoms with van der Waals surface area (Å²) in [6, 6.07) is 6.26. The molecule has 1 aliphatic heterocycles. The van der Waals surface area contributed by atoms with Crippen LogP contribution in [0.5, 0.6) is 0 Å². The number of methoxy groups -OCH3 is 1. The molecule has 1 aromatic rings. The maximum Gasteiger partial charge on any atom is 0.220 e. The van der Waals surface area contributed by atoms with Crippen molar-refractivity contribution in [3.8, 4) is 0 Å². The van der Waals surface area contributed by atoms with Crippen LogP contribution in [0.1, 0.15) is 30.4 Å². The third kappa shape index (κ3) is 6.36. The molecule has 0 bridgehead atoms. The summed E-state index contributed by atoms with van der Waals surface area (Å²) in [5, 5.41) is 6.49. The standard InChI is InChI=1S/C18H27BrN2O2.ClH/c1-14-11-15(3-5-16(14)19)4-6-17(22)21-12-18(13-23-2)7-9-20-10-8-18;/h3,5,11,20H,4,6-10,12-13H2,1-2H3,(H,21,22);1H. The van der Waals surface area contributed by atoms with Gasteiger partial charge in [-0.25, -0.2) is 0 Å². The monoisotopic (exact) mass is 418 g/mol. The van der Waals surface area contributed by atoms with E-state index in [1.165, 1.54) is 11.1 Å². The average Bonchev–Trinajstić information content (AvgIpc) is 2.55. The molecule has 24 heavy (non-hydrogen) atoms. The molecule has 1 heterocycles. The summed E-state index contributed by atoms with van der Waals surface area (Å²) in [5.74, 6) is 0.125. The molecule has 6 heteroatoms. The first-order chi connectivity index (χ1) is 11.0. The first kappa shape index (κ1) is 21.4. The number of carbonyl (C=O) groups excluding carboxylic acids is 1. The Bertz CT molecular complexity index is 528. The van der Waals surface area contributed by atoms with E-state index in [-0.39, 0.29) is 23.7 Å². The fraction of sp³-hybridized carbons (Fsp3) is 0.611. The highest BCUT2D eigenvalue weighted by Crippen LogP contribution is 2.28. The summed E-state index contributed by atoms with van der Waals surface area (Å²) in [6.07, 6.45) is 3.40. The number of carbonyl (C=O) groups is 1. The second-order valence-electron chi connectivity index (χ2n) is 6.54. The second kappa shape index (κ2) is 10.4. The number of halogens is 2. The van der Waals surface area contributed by atoms with Crippen LogP contribution in [0.15, 0.2) is 22.7 Å². The quantitative estimate of drug-likeness (QED) is 0.713. The number of amides is 1. The van der Waals surface area contributed by atoms with Crippen LogP contribution in [0.3, 0.4) is 0 Å². The minimum absolute atomic E-state index is 0. The van der Waals surface area contributed by atoms with Gasteiger partial charge in [0.05, 0.1) is 6.61 Å². The number of hydrogen-bond donors (Lipinski definition) is 2. The van der Waals surface area contributed by atoms with Gasteiger partial charge in [-0.15, -0.1) is 12.4 Å². The highest BCUT2D eigenvalue weighted by molar-refractivity contribution is 9.10. The second-order valence-corrected chi connectivity index (χ2v) is 7.40. The minimum Gasteiger partial charge on any atom is -0.384 e. The van der Waals surface area contributed by atoms with Crippen molar-refractivity contribution in [2.75, 3.05) is 33.4 Å². The summed E-state index contributed by atoms with van der Waals surface area (Å²) in [7, 11) is 1.74. The van der Waals surface area contributed by atoms with E-state index in [0.717, 1.165) is 36.8 Å². The van der Waals surface area contributed by atoms with E-state index >= 15 is 0 Å². The molecule has 0 spiro atoms. The van der Waals surface area contributed by atoms with Gasteiger partial charge in [-0.05, 0) is 56.5 Å². The Kier molecular flexibility index (Phi) is 9.27. The van der Waals surface area contributed by atoms with E-state index in [0.29, 0.717) is 19.6 Å². The third-order valence-corrected chi connectivity index (χ3v) is 5.53. The maximum absolute atomic E-state index is 12.2. The lowest BCUT2D eigenvalue weighted by atomic mass is 9.79. The summed E-state index contributed by atoms with van der Waals surface area (Å²) < 4.78 is 6.50. The Morgan fingerprint density at radius 3 is 2.71 bits per heavy atom. The topological polar surface area (TPSA) is 50.4 Å². The van der Waals surface area contributed by atoms with Gasteiger partial charge in [0.1, 0.15) is 0 Å². The smallest absolute Gasteiger partial charge is 0.220 e. The number of hydrogen-bond acceptors (Lipinski definition) is 3. The Hall–Kier alpha value is -0.620. The third-order valence-electron chi connectivity index (χ3n) is 4.64. The van der Waals surface area contributed by atoms with E-state index < -0.39 is 0 Å². The van der Waals surface area contributed by atoms with Crippen LogP contribution in [0.2, 0.25) is 0 Å². The van der Waals surface area contributed by atoms with Crippen LogP contribution in [0, 0.1) is 12.3 Å². The van der Waals surface area contributed by atoms with Crippen molar-refractivity contribution in [2.45, 2.75) is 32.6 Å². The van der Waals surface area contributed by atoms with Gasteiger partial charge in [0.25, 0.3) is 0 Å². The Balaban J connectivity index is 0.00000288. The van der Waals surface area contributed by atoms with Gasteiger partial charge in [-0.2, -0.15) is 0 Å². The molecule has 0 aliphatic carbocycles. The van der Waals surface area contributed by atoms with E-state index in [9.17, 15) is 4.79 Å². The molecular formula is C18H28BrClN2O2. The van der Waals surface area contributed by atoms with Gasteiger partial charge < -0.3 is 15.4 Å². The number of aryl methyl sites for hydroxylation is 2. The molecule has 136 valence electrons. The molecule has 2 rings (SSSR count). The largest absolute Gasteiger partial charge is 0.384 e. The van der Waals surface area contributed by atoms with Gasteiger partial charge in [-0.1, -0.05) is 28.1 Å². The number of piperidine rings is 1. The van der Waals surface area contributed by atoms with E-state index in [1.54, 1.807) is 7.11 Å². The van der Waals surface area contributed by atoms with Gasteiger partial charge >= 0.3 is 0 Å². The molecule has 0 radical (unpaired) electrons. The van der Waals surface area contributed by atoms with Gasteiger partial charge in [0.2, 0.25) is 5.91 Å². The van der Waals surface area contributed by atoms with Gasteiger partial charge in [0, 0.05) is 30.0 Å². The predicted molar refractivity (Wildman–Crippen MR) is 104 cm³/mol. The summed E-state index contributed by atoms with van der Waals surface area (Å²) >= 11 is 3.50. The van der Waals surface area contributed by atoms with Crippen molar-refractivity contribution in [1.82, 2.24) is 10.6 Å². The van der Waals surface area contributed by atoms with E-state index in [1.807, 2.05) is 6.07 Å². The SMILES string of the molecule is COCC1(CNC(=O)CCc2ccc(Br)c(C)c2)CCNCC1.Cl. The van der Waals surface area contributed by atoms with Crippen molar-refractivity contribution < 1.29 is 9.53 Å². The zero-order valence-corrected chi connectivity index (χ0v) is 16.9. The van der Waals surface area contributed by atoms with Crippen molar-refractivity contribution in [3.05, 3.63) is 33.8 Å². The highest BCUT2D eigenvalue weighted by atomic mass is 79.9. The molecule has 4 nitrogen and oxygen atoms in total. The fourth-order valence-electron chi connectivity index (χ4n) is 3.13. The van der Waals surface area contributed by atoms with Crippen LogP contribution in [0.4, 0.5) is 0 Å². The summed E-state index contributed by atoms with van der Waals surface area (Å²) in [4.78, 5) is 12.2. The van der Waals surface area contributed by atoms with Gasteiger partial charge in [-0.3, -0.25) is 4.79 Å². The fourth-order valence-corrected chi connectivity index (χ4v) is 3.38. The van der Waals surface area contributed by atoms with E-state index in [4.69, 9.17) is 4.74 Å². The van der Waals surface area contributed by atoms with Crippen LogP contribution in [0.25, 0.3) is 0 Å². The first-order valence-electron chi connectivity index (χ1n) is 8.26. The Morgan fingerprint density at radius 1 is 1.38 bits per heavy atom. The number of nitrogens with one attached hydrogen (secondary N) is 2. The maximum atomic E-state index is 12.2. The van der Waals surface area contributed by atoms with Crippen LogP contribution >= 0.6 is 28.3 Å². The molecule has 0 unspecified atom stereocenters. The molecular weight excluding hydrogens is 392 g/mol. The van der Waals surface area contributed by atoms with Crippen LogP contribution in [-0.2, 0) is 16.0 Å². The molecule has 1 aliphatic rings. The van der Waals surface area contributed by atoms with Crippen molar-refractivity contribution in [2.24, 2.45) is 5.41 Å². The van der Waals surface area contributed by atoms with Crippen LogP contribution < -0.4 is 10.6 Å². The molecule has 0 aromatic heterocycles. The van der Waals surface area contributed by atoms with E-state index in [2.05, 4.69) is 45.6 Å². The summed E-state index contributed by atoms with van der Waals surface area (Å²) in [6.45, 7) is 5.48. The molecule has 1 amide bonds. The van der Waals surface area contributed by atoms with Crippen molar-refractivity contribution >= 4 is 34.2 Å². The first-order valence-corrected chi connectivity index (χ1v) is 9.05. The zero-order chi connectivity index (χ0) is 16.7. The Morgan fingerprint density at radius 2 is 2.08 bits per heavy atom. The highest BCUT2D eigenvalue weighted by Gasteiger charge is 2.32. The molecule has 1 fully saturated rings. The molecule has 1 aromatic carbocycles. The summed E-state index contributed by atoms with van der Waals surface area (Å²) in [5.41, 5.74) is 2.50.